The number of para-hydroxylation sites is 1. The van der Waals surface area contributed by atoms with E-state index in [0.29, 0.717) is 5.69 Å². The molecular formula is C12H11N3O2. The first-order chi connectivity index (χ1) is 8.09. The predicted molar refractivity (Wildman–Crippen MR) is 63.1 cm³/mol. The molecule has 0 spiro atoms. The highest BCUT2D eigenvalue weighted by Crippen LogP contribution is 2.07. The van der Waals surface area contributed by atoms with Crippen LogP contribution in [0.25, 0.3) is 5.69 Å². The number of rotatable bonds is 2. The van der Waals surface area contributed by atoms with Gasteiger partial charge in [-0.3, -0.25) is 9.59 Å². The molecule has 2 N–H and O–H groups in total. The third-order valence-electron chi connectivity index (χ3n) is 2.34. The summed E-state index contributed by atoms with van der Waals surface area (Å²) in [6.45, 7) is 1.74. The van der Waals surface area contributed by atoms with Gasteiger partial charge >= 0.3 is 0 Å². The summed E-state index contributed by atoms with van der Waals surface area (Å²) in [4.78, 5) is 22.6. The van der Waals surface area contributed by atoms with Crippen LogP contribution in [0.2, 0.25) is 0 Å². The molecule has 17 heavy (non-hydrogen) atoms. The standard InChI is InChI=1S/C12H11N3O2/c1-8-7-10(16)11(12(13)17)14-15(8)9-5-3-2-4-6-9/h2-7H,1H3,(H2,13,17). The molecule has 5 heteroatoms. The van der Waals surface area contributed by atoms with Crippen molar-refractivity contribution in [3.8, 4) is 5.69 Å². The van der Waals surface area contributed by atoms with Gasteiger partial charge in [-0.1, -0.05) is 18.2 Å². The summed E-state index contributed by atoms with van der Waals surface area (Å²) in [5, 5.41) is 3.97. The highest BCUT2D eigenvalue weighted by Gasteiger charge is 2.11. The van der Waals surface area contributed by atoms with Gasteiger partial charge in [0.05, 0.1) is 5.69 Å². The van der Waals surface area contributed by atoms with Crippen LogP contribution in [0.1, 0.15) is 16.2 Å². The summed E-state index contributed by atoms with van der Waals surface area (Å²) in [6.07, 6.45) is 0. The molecule has 0 saturated heterocycles. The molecule has 2 aromatic rings. The molecule has 0 aliphatic heterocycles. The monoisotopic (exact) mass is 229 g/mol. The third kappa shape index (κ3) is 2.08. The Morgan fingerprint density at radius 2 is 1.94 bits per heavy atom. The van der Waals surface area contributed by atoms with Crippen molar-refractivity contribution in [2.75, 3.05) is 0 Å². The van der Waals surface area contributed by atoms with Crippen molar-refractivity contribution in [1.82, 2.24) is 9.78 Å². The maximum absolute atomic E-state index is 11.5. The number of hydrogen-bond donors (Lipinski definition) is 1. The summed E-state index contributed by atoms with van der Waals surface area (Å²) in [5.74, 6) is -0.820. The van der Waals surface area contributed by atoms with Crippen LogP contribution in [0.4, 0.5) is 0 Å². The number of aromatic nitrogens is 2. The van der Waals surface area contributed by atoms with Crippen molar-refractivity contribution in [1.29, 1.82) is 0 Å². The summed E-state index contributed by atoms with van der Waals surface area (Å²) in [7, 11) is 0. The van der Waals surface area contributed by atoms with E-state index >= 15 is 0 Å². The SMILES string of the molecule is Cc1cc(=O)c(C(N)=O)nn1-c1ccccc1. The van der Waals surface area contributed by atoms with Gasteiger partial charge in [-0.25, -0.2) is 4.68 Å². The maximum atomic E-state index is 11.5. The number of nitrogens with zero attached hydrogens (tertiary/aromatic N) is 2. The van der Waals surface area contributed by atoms with Crippen molar-refractivity contribution in [3.63, 3.8) is 0 Å². The van der Waals surface area contributed by atoms with Crippen LogP contribution in [0, 0.1) is 6.92 Å². The number of carbonyl (C=O) groups excluding carboxylic acids is 1. The topological polar surface area (TPSA) is 78.0 Å². The van der Waals surface area contributed by atoms with E-state index in [0.717, 1.165) is 5.69 Å². The largest absolute Gasteiger partial charge is 0.364 e. The lowest BCUT2D eigenvalue weighted by molar-refractivity contribution is 0.0993. The predicted octanol–water partition coefficient (Wildman–Crippen LogP) is 0.640. The molecule has 2 rings (SSSR count). The molecular weight excluding hydrogens is 218 g/mol. The Kier molecular flexibility index (Phi) is 2.74. The van der Waals surface area contributed by atoms with Crippen LogP contribution in [-0.4, -0.2) is 15.7 Å². The molecule has 1 amide bonds. The molecule has 5 nitrogen and oxygen atoms in total. The van der Waals surface area contributed by atoms with Gasteiger partial charge in [0.1, 0.15) is 0 Å². The van der Waals surface area contributed by atoms with E-state index < -0.39 is 11.3 Å². The van der Waals surface area contributed by atoms with E-state index in [1.165, 1.54) is 10.7 Å². The van der Waals surface area contributed by atoms with Crippen molar-refractivity contribution >= 4 is 5.91 Å². The molecule has 1 aromatic carbocycles. The number of amides is 1. The van der Waals surface area contributed by atoms with Gasteiger partial charge in [0.15, 0.2) is 5.69 Å². The lowest BCUT2D eigenvalue weighted by Crippen LogP contribution is -2.27. The van der Waals surface area contributed by atoms with Gasteiger partial charge in [0, 0.05) is 11.8 Å². The van der Waals surface area contributed by atoms with E-state index in [2.05, 4.69) is 5.10 Å². The van der Waals surface area contributed by atoms with Crippen molar-refractivity contribution < 1.29 is 4.79 Å². The number of benzene rings is 1. The number of primary amides is 1. The average molecular weight is 229 g/mol. The zero-order valence-corrected chi connectivity index (χ0v) is 9.25. The Morgan fingerprint density at radius 3 is 2.53 bits per heavy atom. The lowest BCUT2D eigenvalue weighted by atomic mass is 10.3. The summed E-state index contributed by atoms with van der Waals surface area (Å²) < 4.78 is 1.52. The first kappa shape index (κ1) is 11.1. The second-order valence-electron chi connectivity index (χ2n) is 3.61. The Bertz CT molecular complexity index is 617. The van der Waals surface area contributed by atoms with Gasteiger partial charge in [-0.05, 0) is 19.1 Å². The lowest BCUT2D eigenvalue weighted by Gasteiger charge is -2.09. The number of hydrogen-bond acceptors (Lipinski definition) is 3. The normalized spacial score (nSPS) is 10.2. The van der Waals surface area contributed by atoms with Crippen LogP contribution in [0.3, 0.4) is 0 Å². The van der Waals surface area contributed by atoms with Gasteiger partial charge in [-0.2, -0.15) is 5.10 Å². The summed E-state index contributed by atoms with van der Waals surface area (Å²) >= 11 is 0. The maximum Gasteiger partial charge on any atom is 0.273 e. The van der Waals surface area contributed by atoms with Crippen LogP contribution >= 0.6 is 0 Å². The van der Waals surface area contributed by atoms with E-state index in [-0.39, 0.29) is 5.69 Å². The fourth-order valence-electron chi connectivity index (χ4n) is 1.55. The minimum atomic E-state index is -0.820. The fourth-order valence-corrected chi connectivity index (χ4v) is 1.55. The van der Waals surface area contributed by atoms with Crippen LogP contribution in [0.15, 0.2) is 41.2 Å². The van der Waals surface area contributed by atoms with E-state index in [1.54, 1.807) is 6.92 Å². The molecule has 86 valence electrons. The van der Waals surface area contributed by atoms with Crippen LogP contribution < -0.4 is 11.2 Å². The first-order valence-electron chi connectivity index (χ1n) is 5.06. The Morgan fingerprint density at radius 1 is 1.29 bits per heavy atom. The van der Waals surface area contributed by atoms with Crippen LogP contribution in [-0.2, 0) is 0 Å². The number of carbonyl (C=O) groups is 1. The quantitative estimate of drug-likeness (QED) is 0.820. The average Bonchev–Trinajstić information content (AvgIpc) is 2.29. The fraction of sp³-hybridized carbons (Fsp3) is 0.0833. The molecule has 0 saturated carbocycles. The van der Waals surface area contributed by atoms with Crippen molar-refractivity contribution in [3.05, 3.63) is 58.0 Å². The second kappa shape index (κ2) is 4.21. The highest BCUT2D eigenvalue weighted by molar-refractivity contribution is 5.90. The molecule has 0 atom stereocenters. The van der Waals surface area contributed by atoms with Crippen molar-refractivity contribution in [2.45, 2.75) is 6.92 Å². The molecule has 0 radical (unpaired) electrons. The summed E-state index contributed by atoms with van der Waals surface area (Å²) in [6, 6.07) is 10.6. The zero-order chi connectivity index (χ0) is 12.4. The van der Waals surface area contributed by atoms with Gasteiger partial charge < -0.3 is 5.73 Å². The number of aryl methyl sites for hydroxylation is 1. The molecule has 1 aromatic heterocycles. The minimum Gasteiger partial charge on any atom is -0.364 e. The van der Waals surface area contributed by atoms with Crippen LogP contribution in [0.5, 0.6) is 0 Å². The summed E-state index contributed by atoms with van der Waals surface area (Å²) in [5.41, 5.74) is 5.81. The Labute approximate surface area is 97.5 Å². The zero-order valence-electron chi connectivity index (χ0n) is 9.25. The van der Waals surface area contributed by atoms with Gasteiger partial charge in [-0.15, -0.1) is 0 Å². The molecule has 0 bridgehead atoms. The van der Waals surface area contributed by atoms with E-state index in [1.807, 2.05) is 30.3 Å². The van der Waals surface area contributed by atoms with Gasteiger partial charge in [0.25, 0.3) is 5.91 Å². The van der Waals surface area contributed by atoms with E-state index in [4.69, 9.17) is 5.73 Å². The molecule has 0 fully saturated rings. The smallest absolute Gasteiger partial charge is 0.273 e. The molecule has 1 heterocycles. The Balaban J connectivity index is 2.67. The molecule has 0 aliphatic carbocycles. The molecule has 0 unspecified atom stereocenters. The van der Waals surface area contributed by atoms with E-state index in [9.17, 15) is 9.59 Å². The highest BCUT2D eigenvalue weighted by atomic mass is 16.2. The number of nitrogens with two attached hydrogens (primary N) is 1. The molecule has 0 aliphatic rings. The third-order valence-corrected chi connectivity index (χ3v) is 2.34. The first-order valence-corrected chi connectivity index (χ1v) is 5.06. The van der Waals surface area contributed by atoms with Crippen molar-refractivity contribution in [2.24, 2.45) is 5.73 Å². The van der Waals surface area contributed by atoms with Gasteiger partial charge in [0.2, 0.25) is 5.43 Å². The second-order valence-corrected chi connectivity index (χ2v) is 3.61. The Hall–Kier alpha value is -2.43. The minimum absolute atomic E-state index is 0.251.